The molecule has 0 fully saturated rings. The molecule has 94 valence electrons. The maximum atomic E-state index is 11.0. The first-order valence-electron chi connectivity index (χ1n) is 5.26. The molecule has 18 heavy (non-hydrogen) atoms. The van der Waals surface area contributed by atoms with Gasteiger partial charge in [0.15, 0.2) is 5.82 Å². The van der Waals surface area contributed by atoms with Gasteiger partial charge in [0.25, 0.3) is 0 Å². The highest BCUT2D eigenvalue weighted by Crippen LogP contribution is 2.23. The van der Waals surface area contributed by atoms with Gasteiger partial charge < -0.3 is 5.11 Å². The summed E-state index contributed by atoms with van der Waals surface area (Å²) in [7, 11) is 1.70. The summed E-state index contributed by atoms with van der Waals surface area (Å²) in [5, 5.41) is 20.7. The SMILES string of the molecule is Cc1ccc(SCc2nnn(C)n2)cc1C(=O)O. The summed E-state index contributed by atoms with van der Waals surface area (Å²) in [6.45, 7) is 1.78. The van der Waals surface area contributed by atoms with E-state index in [0.29, 0.717) is 17.1 Å². The van der Waals surface area contributed by atoms with Crippen LogP contribution in [0.3, 0.4) is 0 Å². The molecule has 0 saturated carbocycles. The number of aromatic nitrogens is 4. The summed E-state index contributed by atoms with van der Waals surface area (Å²) in [5.74, 6) is 0.281. The molecule has 0 aliphatic heterocycles. The average Bonchev–Trinajstić information content (AvgIpc) is 2.74. The minimum absolute atomic E-state index is 0.326. The van der Waals surface area contributed by atoms with Gasteiger partial charge in [0.2, 0.25) is 0 Å². The van der Waals surface area contributed by atoms with Crippen LogP contribution in [0.4, 0.5) is 0 Å². The zero-order valence-electron chi connectivity index (χ0n) is 9.99. The van der Waals surface area contributed by atoms with Gasteiger partial charge in [0.05, 0.1) is 18.4 Å². The second-order valence-corrected chi connectivity index (χ2v) is 4.81. The number of nitrogens with zero attached hydrogens (tertiary/aromatic N) is 4. The van der Waals surface area contributed by atoms with Gasteiger partial charge >= 0.3 is 5.97 Å². The smallest absolute Gasteiger partial charge is 0.335 e. The normalized spacial score (nSPS) is 10.6. The van der Waals surface area contributed by atoms with Gasteiger partial charge in [-0.3, -0.25) is 0 Å². The molecule has 7 heteroatoms. The van der Waals surface area contributed by atoms with Crippen molar-refractivity contribution in [2.24, 2.45) is 7.05 Å². The van der Waals surface area contributed by atoms with Crippen LogP contribution < -0.4 is 0 Å². The highest BCUT2D eigenvalue weighted by molar-refractivity contribution is 7.98. The monoisotopic (exact) mass is 264 g/mol. The maximum Gasteiger partial charge on any atom is 0.335 e. The second-order valence-electron chi connectivity index (χ2n) is 3.77. The lowest BCUT2D eigenvalue weighted by atomic mass is 10.1. The molecule has 0 unspecified atom stereocenters. The van der Waals surface area contributed by atoms with E-state index >= 15 is 0 Å². The standard InChI is InChI=1S/C11H12N4O2S/c1-7-3-4-8(5-9(7)11(16)17)18-6-10-12-14-15(2)13-10/h3-5H,6H2,1-2H3,(H,16,17). The Morgan fingerprint density at radius 1 is 1.50 bits per heavy atom. The maximum absolute atomic E-state index is 11.0. The summed E-state index contributed by atoms with van der Waals surface area (Å²) in [5.41, 5.74) is 1.08. The minimum Gasteiger partial charge on any atom is -0.478 e. The number of hydrogen-bond acceptors (Lipinski definition) is 5. The average molecular weight is 264 g/mol. The molecule has 0 spiro atoms. The van der Waals surface area contributed by atoms with Gasteiger partial charge in [0, 0.05) is 4.90 Å². The molecule has 6 nitrogen and oxygen atoms in total. The van der Waals surface area contributed by atoms with Crippen LogP contribution in [0.1, 0.15) is 21.7 Å². The van der Waals surface area contributed by atoms with Gasteiger partial charge in [-0.15, -0.1) is 22.0 Å². The Kier molecular flexibility index (Phi) is 3.61. The van der Waals surface area contributed by atoms with Gasteiger partial charge in [-0.05, 0) is 29.8 Å². The van der Waals surface area contributed by atoms with Gasteiger partial charge in [-0.25, -0.2) is 4.79 Å². The van der Waals surface area contributed by atoms with Crippen molar-refractivity contribution in [2.45, 2.75) is 17.6 Å². The van der Waals surface area contributed by atoms with Crippen LogP contribution in [0.5, 0.6) is 0 Å². The molecule has 0 amide bonds. The molecule has 0 aliphatic rings. The van der Waals surface area contributed by atoms with Crippen molar-refractivity contribution in [3.05, 3.63) is 35.2 Å². The van der Waals surface area contributed by atoms with Crippen molar-refractivity contribution in [1.82, 2.24) is 20.2 Å². The van der Waals surface area contributed by atoms with Crippen molar-refractivity contribution in [2.75, 3.05) is 0 Å². The number of carboxylic acid groups (broad SMARTS) is 1. The summed E-state index contributed by atoms with van der Waals surface area (Å²) >= 11 is 1.49. The third-order valence-corrected chi connectivity index (χ3v) is 3.35. The molecule has 1 heterocycles. The van der Waals surface area contributed by atoms with Crippen molar-refractivity contribution < 1.29 is 9.90 Å². The van der Waals surface area contributed by atoms with E-state index in [9.17, 15) is 4.79 Å². The molecule has 2 aromatic rings. The summed E-state index contributed by atoms with van der Waals surface area (Å²) < 4.78 is 0. The predicted molar refractivity (Wildman–Crippen MR) is 66.5 cm³/mol. The number of thioether (sulfide) groups is 1. The van der Waals surface area contributed by atoms with E-state index in [0.717, 1.165) is 10.5 Å². The topological polar surface area (TPSA) is 80.9 Å². The Morgan fingerprint density at radius 3 is 2.89 bits per heavy atom. The Labute approximate surface area is 108 Å². The van der Waals surface area contributed by atoms with E-state index in [4.69, 9.17) is 5.11 Å². The molecule has 0 atom stereocenters. The van der Waals surface area contributed by atoms with Crippen molar-refractivity contribution in [3.8, 4) is 0 Å². The molecule has 0 radical (unpaired) electrons. The second kappa shape index (κ2) is 5.18. The lowest BCUT2D eigenvalue weighted by molar-refractivity contribution is 0.0696. The summed E-state index contributed by atoms with van der Waals surface area (Å²) in [4.78, 5) is 13.3. The number of tetrazole rings is 1. The van der Waals surface area contributed by atoms with Crippen molar-refractivity contribution in [1.29, 1.82) is 0 Å². The molecular formula is C11H12N4O2S. The van der Waals surface area contributed by atoms with Crippen LogP contribution in [0.15, 0.2) is 23.1 Å². The van der Waals surface area contributed by atoms with Gasteiger partial charge in [0.1, 0.15) is 0 Å². The first-order chi connectivity index (χ1) is 8.56. The molecule has 1 N–H and O–H groups in total. The molecule has 0 bridgehead atoms. The number of benzene rings is 1. The fourth-order valence-electron chi connectivity index (χ4n) is 1.45. The van der Waals surface area contributed by atoms with Crippen LogP contribution in [-0.4, -0.2) is 31.3 Å². The van der Waals surface area contributed by atoms with E-state index in [1.165, 1.54) is 16.6 Å². The van der Waals surface area contributed by atoms with Crippen molar-refractivity contribution >= 4 is 17.7 Å². The lowest BCUT2D eigenvalue weighted by Crippen LogP contribution is -1.99. The summed E-state index contributed by atoms with van der Waals surface area (Å²) in [6, 6.07) is 5.36. The van der Waals surface area contributed by atoms with Crippen LogP contribution in [0.25, 0.3) is 0 Å². The Bertz CT molecular complexity index is 582. The number of carbonyl (C=O) groups is 1. The molecule has 2 rings (SSSR count). The predicted octanol–water partition coefficient (Wildman–Crippen LogP) is 1.51. The molecule has 0 saturated heterocycles. The van der Waals surface area contributed by atoms with E-state index in [2.05, 4.69) is 15.4 Å². The molecule has 0 aliphatic carbocycles. The van der Waals surface area contributed by atoms with E-state index in [1.807, 2.05) is 6.07 Å². The Hall–Kier alpha value is -1.89. The third-order valence-electron chi connectivity index (χ3n) is 2.36. The largest absolute Gasteiger partial charge is 0.478 e. The van der Waals surface area contributed by atoms with Gasteiger partial charge in [-0.1, -0.05) is 6.07 Å². The number of hydrogen-bond donors (Lipinski definition) is 1. The fraction of sp³-hybridized carbons (Fsp3) is 0.273. The van der Waals surface area contributed by atoms with Crippen LogP contribution >= 0.6 is 11.8 Å². The minimum atomic E-state index is -0.910. The zero-order chi connectivity index (χ0) is 13.1. The Balaban J connectivity index is 2.10. The molecular weight excluding hydrogens is 252 g/mol. The number of rotatable bonds is 4. The molecule has 1 aromatic carbocycles. The quantitative estimate of drug-likeness (QED) is 0.843. The fourth-order valence-corrected chi connectivity index (χ4v) is 2.23. The van der Waals surface area contributed by atoms with Crippen LogP contribution in [-0.2, 0) is 12.8 Å². The first kappa shape index (κ1) is 12.6. The third kappa shape index (κ3) is 2.86. The highest BCUT2D eigenvalue weighted by atomic mass is 32.2. The number of carboxylic acids is 1. The van der Waals surface area contributed by atoms with E-state index < -0.39 is 5.97 Å². The van der Waals surface area contributed by atoms with Crippen LogP contribution in [0.2, 0.25) is 0 Å². The summed E-state index contributed by atoms with van der Waals surface area (Å²) in [6.07, 6.45) is 0. The number of aryl methyl sites for hydroxylation is 2. The Morgan fingerprint density at radius 2 is 2.28 bits per heavy atom. The van der Waals surface area contributed by atoms with Crippen molar-refractivity contribution in [3.63, 3.8) is 0 Å². The zero-order valence-corrected chi connectivity index (χ0v) is 10.8. The first-order valence-corrected chi connectivity index (χ1v) is 6.24. The van der Waals surface area contributed by atoms with E-state index in [1.54, 1.807) is 26.1 Å². The van der Waals surface area contributed by atoms with Gasteiger partial charge in [-0.2, -0.15) is 4.80 Å². The lowest BCUT2D eigenvalue weighted by Gasteiger charge is -2.04. The number of aromatic carboxylic acids is 1. The van der Waals surface area contributed by atoms with Crippen LogP contribution in [0, 0.1) is 6.92 Å². The van der Waals surface area contributed by atoms with E-state index in [-0.39, 0.29) is 0 Å². The highest BCUT2D eigenvalue weighted by Gasteiger charge is 2.09. The molecule has 1 aromatic heterocycles.